The molecule has 5 rings (SSSR count). The van der Waals surface area contributed by atoms with Crippen molar-refractivity contribution < 1.29 is 9.18 Å². The highest BCUT2D eigenvalue weighted by molar-refractivity contribution is 5.80. The Bertz CT molecular complexity index is 1020. The Labute approximate surface area is 162 Å². The summed E-state index contributed by atoms with van der Waals surface area (Å²) in [4.78, 5) is 28.4. The third-order valence-corrected chi connectivity index (χ3v) is 5.66. The van der Waals surface area contributed by atoms with Crippen LogP contribution in [0.2, 0.25) is 0 Å². The number of hydrogen-bond donors (Lipinski definition) is 0. The lowest BCUT2D eigenvalue weighted by atomic mass is 9.98. The van der Waals surface area contributed by atoms with Crippen LogP contribution in [0.5, 0.6) is 0 Å². The molecular formula is C22H19FN4O. The molecule has 1 saturated heterocycles. The summed E-state index contributed by atoms with van der Waals surface area (Å²) < 4.78 is 13.2. The molecule has 1 amide bonds. The van der Waals surface area contributed by atoms with E-state index in [0.29, 0.717) is 12.2 Å². The number of rotatable bonds is 3. The van der Waals surface area contributed by atoms with Crippen molar-refractivity contribution in [1.29, 1.82) is 0 Å². The van der Waals surface area contributed by atoms with Gasteiger partial charge in [-0.2, -0.15) is 0 Å². The van der Waals surface area contributed by atoms with Crippen molar-refractivity contribution in [2.75, 3.05) is 0 Å². The zero-order valence-corrected chi connectivity index (χ0v) is 15.3. The van der Waals surface area contributed by atoms with Gasteiger partial charge in [0.2, 0.25) is 5.91 Å². The molecule has 0 unspecified atom stereocenters. The highest BCUT2D eigenvalue weighted by atomic mass is 19.1. The Morgan fingerprint density at radius 2 is 2.00 bits per heavy atom. The summed E-state index contributed by atoms with van der Waals surface area (Å²) in [5.41, 5.74) is 3.78. The first-order valence-electron chi connectivity index (χ1n) is 9.51. The minimum absolute atomic E-state index is 0.0418. The van der Waals surface area contributed by atoms with Crippen molar-refractivity contribution in [2.24, 2.45) is 0 Å². The monoisotopic (exact) mass is 374 g/mol. The maximum atomic E-state index is 13.2. The van der Waals surface area contributed by atoms with Crippen LogP contribution < -0.4 is 0 Å². The summed E-state index contributed by atoms with van der Waals surface area (Å²) in [5.74, 6) is 0.463. The predicted octanol–water partition coefficient (Wildman–Crippen LogP) is 3.51. The molecule has 0 spiro atoms. The maximum absolute atomic E-state index is 13.2. The number of halogens is 1. The number of hydrogen-bond acceptors (Lipinski definition) is 4. The van der Waals surface area contributed by atoms with Crippen molar-refractivity contribution >= 4 is 5.91 Å². The predicted molar refractivity (Wildman–Crippen MR) is 102 cm³/mol. The number of aromatic nitrogens is 3. The lowest BCUT2D eigenvalue weighted by Crippen LogP contribution is -2.43. The van der Waals surface area contributed by atoms with Gasteiger partial charge in [0.1, 0.15) is 5.82 Å². The topological polar surface area (TPSA) is 59.0 Å². The number of amides is 1. The minimum atomic E-state index is -0.275. The molecule has 4 heterocycles. The quantitative estimate of drug-likeness (QED) is 0.704. The normalized spacial score (nSPS) is 20.1. The van der Waals surface area contributed by atoms with Crippen molar-refractivity contribution in [3.8, 4) is 11.4 Å². The first-order valence-corrected chi connectivity index (χ1v) is 9.51. The molecule has 28 heavy (non-hydrogen) atoms. The number of nitrogens with zero attached hydrogens (tertiary/aromatic N) is 4. The van der Waals surface area contributed by atoms with Crippen molar-refractivity contribution in [3.63, 3.8) is 0 Å². The molecule has 6 heteroatoms. The fraction of sp³-hybridized carbons (Fsp3) is 0.273. The van der Waals surface area contributed by atoms with Gasteiger partial charge >= 0.3 is 0 Å². The van der Waals surface area contributed by atoms with Crippen LogP contribution in [-0.4, -0.2) is 31.8 Å². The molecule has 0 saturated carbocycles. The SMILES string of the molecule is O=C(Cc1cccnc1)N1[C@H]2CC[C@@H]1c1cnc(-c3ccc(F)cc3)nc1C2. The van der Waals surface area contributed by atoms with E-state index in [4.69, 9.17) is 4.98 Å². The first kappa shape index (κ1) is 17.0. The maximum Gasteiger partial charge on any atom is 0.227 e. The molecule has 1 fully saturated rings. The highest BCUT2D eigenvalue weighted by Gasteiger charge is 2.43. The Balaban J connectivity index is 1.42. The van der Waals surface area contributed by atoms with Crippen LogP contribution in [0.15, 0.2) is 55.0 Å². The van der Waals surface area contributed by atoms with Crippen molar-refractivity contribution in [3.05, 3.63) is 77.6 Å². The Morgan fingerprint density at radius 3 is 2.79 bits per heavy atom. The van der Waals surface area contributed by atoms with Crippen molar-refractivity contribution in [1.82, 2.24) is 19.9 Å². The summed E-state index contributed by atoms with van der Waals surface area (Å²) in [7, 11) is 0. The van der Waals surface area contributed by atoms with E-state index in [1.165, 1.54) is 12.1 Å². The van der Waals surface area contributed by atoms with Crippen LogP contribution in [0.4, 0.5) is 4.39 Å². The van der Waals surface area contributed by atoms with E-state index in [9.17, 15) is 9.18 Å². The molecular weight excluding hydrogens is 355 g/mol. The van der Waals surface area contributed by atoms with Gasteiger partial charge in [-0.25, -0.2) is 14.4 Å². The molecule has 2 aliphatic heterocycles. The Kier molecular flexibility index (Phi) is 4.11. The van der Waals surface area contributed by atoms with Gasteiger partial charge in [-0.1, -0.05) is 6.07 Å². The van der Waals surface area contributed by atoms with Gasteiger partial charge in [-0.05, 0) is 48.7 Å². The Morgan fingerprint density at radius 1 is 1.14 bits per heavy atom. The second-order valence-electron chi connectivity index (χ2n) is 7.39. The summed E-state index contributed by atoms with van der Waals surface area (Å²) in [6.45, 7) is 0. The summed E-state index contributed by atoms with van der Waals surface area (Å²) in [6.07, 6.45) is 8.33. The van der Waals surface area contributed by atoms with E-state index < -0.39 is 0 Å². The molecule has 2 aliphatic rings. The van der Waals surface area contributed by atoms with Crippen LogP contribution >= 0.6 is 0 Å². The molecule has 5 nitrogen and oxygen atoms in total. The van der Waals surface area contributed by atoms with Gasteiger partial charge in [-0.3, -0.25) is 9.78 Å². The lowest BCUT2D eigenvalue weighted by molar-refractivity contribution is -0.134. The van der Waals surface area contributed by atoms with Crippen LogP contribution in [-0.2, 0) is 17.6 Å². The number of fused-ring (bicyclic) bond motifs is 4. The molecule has 2 bridgehead atoms. The van der Waals surface area contributed by atoms with Gasteiger partial charge in [0.05, 0.1) is 18.2 Å². The van der Waals surface area contributed by atoms with Crippen LogP contribution in [0.1, 0.15) is 35.7 Å². The van der Waals surface area contributed by atoms with Crippen LogP contribution in [0.25, 0.3) is 11.4 Å². The third kappa shape index (κ3) is 2.95. The average Bonchev–Trinajstić information content (AvgIpc) is 3.04. The zero-order chi connectivity index (χ0) is 19.1. The van der Waals surface area contributed by atoms with Gasteiger partial charge in [0.15, 0.2) is 5.82 Å². The van der Waals surface area contributed by atoms with Gasteiger partial charge < -0.3 is 4.90 Å². The molecule has 3 aromatic rings. The molecule has 1 aromatic carbocycles. The summed E-state index contributed by atoms with van der Waals surface area (Å²) in [5, 5.41) is 0. The van der Waals surface area contributed by atoms with E-state index >= 15 is 0 Å². The van der Waals surface area contributed by atoms with E-state index in [1.54, 1.807) is 24.5 Å². The third-order valence-electron chi connectivity index (χ3n) is 5.66. The molecule has 2 aromatic heterocycles. The fourth-order valence-corrected chi connectivity index (χ4v) is 4.36. The highest BCUT2D eigenvalue weighted by Crippen LogP contribution is 2.43. The molecule has 0 aliphatic carbocycles. The summed E-state index contributed by atoms with van der Waals surface area (Å²) in [6, 6.07) is 10.2. The number of carbonyl (C=O) groups excluding carboxylic acids is 1. The molecule has 0 radical (unpaired) electrons. The van der Waals surface area contributed by atoms with E-state index in [0.717, 1.165) is 41.6 Å². The van der Waals surface area contributed by atoms with E-state index in [2.05, 4.69) is 9.97 Å². The lowest BCUT2D eigenvalue weighted by Gasteiger charge is -2.35. The summed E-state index contributed by atoms with van der Waals surface area (Å²) >= 11 is 0. The van der Waals surface area contributed by atoms with Crippen molar-refractivity contribution in [2.45, 2.75) is 37.8 Å². The van der Waals surface area contributed by atoms with Crippen LogP contribution in [0.3, 0.4) is 0 Å². The number of pyridine rings is 1. The van der Waals surface area contributed by atoms with Crippen LogP contribution in [0, 0.1) is 5.82 Å². The van der Waals surface area contributed by atoms with E-state index in [-0.39, 0.29) is 23.8 Å². The smallest absolute Gasteiger partial charge is 0.227 e. The first-order chi connectivity index (χ1) is 13.7. The van der Waals surface area contributed by atoms with E-state index in [1.807, 2.05) is 23.2 Å². The van der Waals surface area contributed by atoms with Gasteiger partial charge in [0, 0.05) is 42.2 Å². The van der Waals surface area contributed by atoms with Gasteiger partial charge in [-0.15, -0.1) is 0 Å². The van der Waals surface area contributed by atoms with Gasteiger partial charge in [0.25, 0.3) is 0 Å². The Hall–Kier alpha value is -3.15. The fourth-order valence-electron chi connectivity index (χ4n) is 4.36. The largest absolute Gasteiger partial charge is 0.332 e. The molecule has 140 valence electrons. The second kappa shape index (κ2) is 6.78. The standard InChI is InChI=1S/C22H19FN4O/c23-16-5-3-15(4-6-16)22-25-13-18-19(26-22)11-17-7-8-20(18)27(17)21(28)10-14-2-1-9-24-12-14/h1-6,9,12-13,17,20H,7-8,10-11H2/t17-,20+/m0/s1. The minimum Gasteiger partial charge on any atom is -0.332 e. The molecule has 2 atom stereocenters. The zero-order valence-electron chi connectivity index (χ0n) is 15.3. The number of carbonyl (C=O) groups is 1. The molecule has 0 N–H and O–H groups in total. The average molecular weight is 374 g/mol. The number of benzene rings is 1. The second-order valence-corrected chi connectivity index (χ2v) is 7.39.